The van der Waals surface area contributed by atoms with Gasteiger partial charge in [0.15, 0.2) is 0 Å². The van der Waals surface area contributed by atoms with E-state index in [0.29, 0.717) is 0 Å². The smallest absolute Gasteiger partial charge is 0.255 e. The third kappa shape index (κ3) is 2.15. The molecule has 2 aromatic carbocycles. The number of amides is 1. The summed E-state index contributed by atoms with van der Waals surface area (Å²) in [5, 5.41) is 23.7. The number of fused-ring (bicyclic) bond motifs is 1. The average molecular weight is 257 g/mol. The lowest BCUT2D eigenvalue weighted by Gasteiger charge is -2.15. The van der Waals surface area contributed by atoms with Crippen molar-refractivity contribution in [2.75, 3.05) is 6.61 Å². The highest BCUT2D eigenvalue weighted by molar-refractivity contribution is 6.02. The van der Waals surface area contributed by atoms with Crippen LogP contribution in [-0.4, -0.2) is 28.3 Å². The Morgan fingerprint density at radius 1 is 1.21 bits per heavy atom. The fourth-order valence-electron chi connectivity index (χ4n) is 2.19. The number of carbonyl (C=O) groups excluding carboxylic acids is 1. The molecule has 0 aromatic heterocycles. The van der Waals surface area contributed by atoms with Crippen LogP contribution in [0.15, 0.2) is 36.4 Å². The normalized spacial score (nSPS) is 16.3. The predicted octanol–water partition coefficient (Wildman–Crippen LogP) is 1.80. The maximum atomic E-state index is 12.1. The zero-order chi connectivity index (χ0) is 13.5. The summed E-state index contributed by atoms with van der Waals surface area (Å²) in [6, 6.07) is 10.8. The van der Waals surface area contributed by atoms with Crippen molar-refractivity contribution in [3.8, 4) is 5.75 Å². The van der Waals surface area contributed by atoms with Gasteiger partial charge in [-0.25, -0.2) is 0 Å². The molecule has 0 radical (unpaired) electrons. The quantitative estimate of drug-likeness (QED) is 0.785. The van der Waals surface area contributed by atoms with Gasteiger partial charge in [0.25, 0.3) is 5.91 Å². The van der Waals surface area contributed by atoms with Crippen LogP contribution in [0, 0.1) is 0 Å². The van der Waals surface area contributed by atoms with E-state index in [1.807, 2.05) is 24.3 Å². The number of aliphatic hydroxyl groups excluding tert-OH is 1. The van der Waals surface area contributed by atoms with Crippen LogP contribution in [0.25, 0.3) is 10.8 Å². The fraction of sp³-hybridized carbons (Fsp3) is 0.267. The topological polar surface area (TPSA) is 69.6 Å². The van der Waals surface area contributed by atoms with Crippen LogP contribution in [0.5, 0.6) is 5.75 Å². The summed E-state index contributed by atoms with van der Waals surface area (Å²) in [5.74, 6) is -0.375. The molecule has 4 nitrogen and oxygen atoms in total. The first-order valence-corrected chi connectivity index (χ1v) is 6.29. The Morgan fingerprint density at radius 3 is 2.42 bits per heavy atom. The van der Waals surface area contributed by atoms with Crippen LogP contribution in [0.2, 0.25) is 0 Å². The van der Waals surface area contributed by atoms with Gasteiger partial charge in [-0.3, -0.25) is 4.79 Å². The molecule has 0 aliphatic heterocycles. The van der Waals surface area contributed by atoms with Crippen LogP contribution in [0.3, 0.4) is 0 Å². The molecular weight excluding hydrogens is 242 g/mol. The maximum absolute atomic E-state index is 12.1. The highest BCUT2D eigenvalue weighted by atomic mass is 16.3. The Kier molecular flexibility index (Phi) is 2.68. The molecule has 2 aromatic rings. The summed E-state index contributed by atoms with van der Waals surface area (Å²) in [6.45, 7) is -0.0624. The third-order valence-electron chi connectivity index (χ3n) is 3.64. The van der Waals surface area contributed by atoms with Gasteiger partial charge in [0.05, 0.1) is 17.7 Å². The Bertz CT molecular complexity index is 647. The van der Waals surface area contributed by atoms with Gasteiger partial charge >= 0.3 is 0 Å². The molecule has 1 fully saturated rings. The van der Waals surface area contributed by atoms with Crippen molar-refractivity contribution < 1.29 is 15.0 Å². The maximum Gasteiger partial charge on any atom is 0.255 e. The highest BCUT2D eigenvalue weighted by Gasteiger charge is 2.43. The number of phenolic OH excluding ortho intramolecular Hbond substituents is 1. The Morgan fingerprint density at radius 2 is 1.84 bits per heavy atom. The van der Waals surface area contributed by atoms with Gasteiger partial charge in [0, 0.05) is 0 Å². The molecule has 0 heterocycles. The first kappa shape index (κ1) is 12.0. The van der Waals surface area contributed by atoms with Crippen molar-refractivity contribution in [2.24, 2.45) is 0 Å². The van der Waals surface area contributed by atoms with E-state index in [1.165, 1.54) is 0 Å². The van der Waals surface area contributed by atoms with Crippen LogP contribution in [-0.2, 0) is 0 Å². The minimum atomic E-state index is -0.477. The average Bonchev–Trinajstić information content (AvgIpc) is 3.18. The molecule has 1 aliphatic rings. The number of hydrogen-bond acceptors (Lipinski definition) is 3. The van der Waals surface area contributed by atoms with Gasteiger partial charge in [0.2, 0.25) is 0 Å². The lowest BCUT2D eigenvalue weighted by Crippen LogP contribution is -2.39. The Hall–Kier alpha value is -2.07. The number of aromatic hydroxyl groups is 1. The lowest BCUT2D eigenvalue weighted by atomic mass is 10.0. The number of rotatable bonds is 3. The number of benzene rings is 2. The SMILES string of the molecule is O=C(NC1(CO)CC1)c1cc2ccccc2cc1O. The Labute approximate surface area is 110 Å². The molecule has 1 aliphatic carbocycles. The summed E-state index contributed by atoms with van der Waals surface area (Å²) in [5.41, 5.74) is -0.228. The second-order valence-corrected chi connectivity index (χ2v) is 5.11. The summed E-state index contributed by atoms with van der Waals surface area (Å²) >= 11 is 0. The zero-order valence-electron chi connectivity index (χ0n) is 10.4. The van der Waals surface area contributed by atoms with Crippen LogP contribution < -0.4 is 5.32 Å². The number of hydrogen-bond donors (Lipinski definition) is 3. The molecule has 4 heteroatoms. The van der Waals surface area contributed by atoms with E-state index in [0.717, 1.165) is 23.6 Å². The Balaban J connectivity index is 1.95. The van der Waals surface area contributed by atoms with Crippen molar-refractivity contribution in [1.82, 2.24) is 5.32 Å². The third-order valence-corrected chi connectivity index (χ3v) is 3.64. The van der Waals surface area contributed by atoms with Gasteiger partial charge in [0.1, 0.15) is 5.75 Å². The minimum Gasteiger partial charge on any atom is -0.507 e. The van der Waals surface area contributed by atoms with Crippen molar-refractivity contribution >= 4 is 16.7 Å². The van der Waals surface area contributed by atoms with Crippen molar-refractivity contribution in [1.29, 1.82) is 0 Å². The van der Waals surface area contributed by atoms with E-state index in [2.05, 4.69) is 5.32 Å². The van der Waals surface area contributed by atoms with Crippen molar-refractivity contribution in [2.45, 2.75) is 18.4 Å². The summed E-state index contributed by atoms with van der Waals surface area (Å²) in [6.07, 6.45) is 1.56. The molecule has 3 rings (SSSR count). The summed E-state index contributed by atoms with van der Waals surface area (Å²) < 4.78 is 0. The second kappa shape index (κ2) is 4.24. The van der Waals surface area contributed by atoms with E-state index < -0.39 is 5.54 Å². The molecule has 0 unspecified atom stereocenters. The van der Waals surface area contributed by atoms with E-state index in [-0.39, 0.29) is 23.8 Å². The fourth-order valence-corrected chi connectivity index (χ4v) is 2.19. The summed E-state index contributed by atoms with van der Waals surface area (Å²) in [7, 11) is 0. The van der Waals surface area contributed by atoms with Crippen LogP contribution >= 0.6 is 0 Å². The minimum absolute atomic E-state index is 0.0371. The predicted molar refractivity (Wildman–Crippen MR) is 72.1 cm³/mol. The standard InChI is InChI=1S/C15H15NO3/c17-9-15(5-6-15)16-14(19)12-7-10-3-1-2-4-11(10)8-13(12)18/h1-4,7-8,17-18H,5-6,9H2,(H,16,19). The van der Waals surface area contributed by atoms with E-state index in [1.54, 1.807) is 12.1 Å². The summed E-state index contributed by atoms with van der Waals surface area (Å²) in [4.78, 5) is 12.1. The molecule has 0 atom stereocenters. The van der Waals surface area contributed by atoms with Crippen LogP contribution in [0.4, 0.5) is 0 Å². The molecule has 1 amide bonds. The van der Waals surface area contributed by atoms with E-state index in [9.17, 15) is 15.0 Å². The zero-order valence-corrected chi connectivity index (χ0v) is 10.4. The lowest BCUT2D eigenvalue weighted by molar-refractivity contribution is 0.0904. The van der Waals surface area contributed by atoms with E-state index >= 15 is 0 Å². The highest BCUT2D eigenvalue weighted by Crippen LogP contribution is 2.35. The molecular formula is C15H15NO3. The first-order chi connectivity index (χ1) is 9.13. The molecule has 0 spiro atoms. The van der Waals surface area contributed by atoms with Crippen LogP contribution in [0.1, 0.15) is 23.2 Å². The van der Waals surface area contributed by atoms with Gasteiger partial charge < -0.3 is 15.5 Å². The monoisotopic (exact) mass is 257 g/mol. The van der Waals surface area contributed by atoms with E-state index in [4.69, 9.17) is 0 Å². The molecule has 19 heavy (non-hydrogen) atoms. The number of aliphatic hydroxyl groups is 1. The molecule has 0 saturated heterocycles. The first-order valence-electron chi connectivity index (χ1n) is 6.29. The van der Waals surface area contributed by atoms with Gasteiger partial charge in [-0.2, -0.15) is 0 Å². The number of nitrogens with one attached hydrogen (secondary N) is 1. The number of carbonyl (C=O) groups is 1. The second-order valence-electron chi connectivity index (χ2n) is 5.11. The molecule has 3 N–H and O–H groups in total. The van der Waals surface area contributed by atoms with Crippen molar-refractivity contribution in [3.05, 3.63) is 42.0 Å². The van der Waals surface area contributed by atoms with Gasteiger partial charge in [-0.15, -0.1) is 0 Å². The number of phenols is 1. The molecule has 98 valence electrons. The largest absolute Gasteiger partial charge is 0.507 e. The van der Waals surface area contributed by atoms with Crippen molar-refractivity contribution in [3.63, 3.8) is 0 Å². The molecule has 1 saturated carbocycles. The molecule has 0 bridgehead atoms. The van der Waals surface area contributed by atoms with Gasteiger partial charge in [-0.05, 0) is 35.7 Å². The van der Waals surface area contributed by atoms with Gasteiger partial charge in [-0.1, -0.05) is 24.3 Å².